The van der Waals surface area contributed by atoms with Crippen molar-refractivity contribution in [3.8, 4) is 0 Å². The van der Waals surface area contributed by atoms with Crippen LogP contribution in [-0.4, -0.2) is 42.2 Å². The van der Waals surface area contributed by atoms with Crippen molar-refractivity contribution >= 4 is 5.91 Å². The van der Waals surface area contributed by atoms with Gasteiger partial charge in [-0.05, 0) is 19.8 Å². The Labute approximate surface area is 106 Å². The highest BCUT2D eigenvalue weighted by Gasteiger charge is 2.29. The molecule has 0 heterocycles. The number of carbonyl (C=O) groups is 1. The number of alkyl halides is 2. The van der Waals surface area contributed by atoms with Gasteiger partial charge in [-0.3, -0.25) is 4.79 Å². The highest BCUT2D eigenvalue weighted by Crippen LogP contribution is 2.17. The van der Waals surface area contributed by atoms with Crippen molar-refractivity contribution < 1.29 is 18.7 Å². The number of rotatable bonds is 6. The maximum absolute atomic E-state index is 12.8. The van der Waals surface area contributed by atoms with Gasteiger partial charge in [-0.15, -0.1) is 0 Å². The molecular weight excluding hydrogens is 242 g/mol. The molecule has 1 fully saturated rings. The van der Waals surface area contributed by atoms with Gasteiger partial charge < -0.3 is 15.7 Å². The lowest BCUT2D eigenvalue weighted by Gasteiger charge is -2.25. The topological polar surface area (TPSA) is 61.4 Å². The molecule has 1 saturated carbocycles. The monoisotopic (exact) mass is 264 g/mol. The second kappa shape index (κ2) is 6.99. The minimum absolute atomic E-state index is 0.175. The lowest BCUT2D eigenvalue weighted by Crippen LogP contribution is -2.50. The summed E-state index contributed by atoms with van der Waals surface area (Å²) in [4.78, 5) is 11.7. The quantitative estimate of drug-likeness (QED) is 0.672. The first-order valence-corrected chi connectivity index (χ1v) is 6.47. The van der Waals surface area contributed by atoms with Crippen LogP contribution in [0.3, 0.4) is 0 Å². The molecule has 1 aliphatic rings. The Hall–Kier alpha value is -0.750. The summed E-state index contributed by atoms with van der Waals surface area (Å²) in [5.74, 6) is -3.44. The van der Waals surface area contributed by atoms with Crippen LogP contribution in [0.1, 0.15) is 39.0 Å². The second-order valence-electron chi connectivity index (χ2n) is 4.96. The molecule has 0 aromatic rings. The van der Waals surface area contributed by atoms with Gasteiger partial charge in [0.2, 0.25) is 5.91 Å². The molecule has 106 valence electrons. The van der Waals surface area contributed by atoms with E-state index in [-0.39, 0.29) is 11.9 Å². The largest absolute Gasteiger partial charge is 0.390 e. The average molecular weight is 264 g/mol. The van der Waals surface area contributed by atoms with E-state index in [1.165, 1.54) is 6.42 Å². The second-order valence-corrected chi connectivity index (χ2v) is 4.96. The van der Waals surface area contributed by atoms with Crippen molar-refractivity contribution in [2.24, 2.45) is 0 Å². The number of carbonyl (C=O) groups excluding carboxylic acids is 1. The van der Waals surface area contributed by atoms with E-state index in [0.29, 0.717) is 0 Å². The van der Waals surface area contributed by atoms with Gasteiger partial charge in [-0.2, -0.15) is 0 Å². The number of aliphatic hydroxyl groups excluding tert-OH is 1. The fraction of sp³-hybridized carbons (Fsp3) is 0.917. The third-order valence-electron chi connectivity index (χ3n) is 3.24. The van der Waals surface area contributed by atoms with Crippen LogP contribution >= 0.6 is 0 Å². The molecule has 18 heavy (non-hydrogen) atoms. The molecule has 4 nitrogen and oxygen atoms in total. The highest BCUT2D eigenvalue weighted by molar-refractivity contribution is 5.81. The molecule has 1 unspecified atom stereocenters. The maximum Gasteiger partial charge on any atom is 0.282 e. The molecule has 1 atom stereocenters. The van der Waals surface area contributed by atoms with Crippen LogP contribution in [0, 0.1) is 0 Å². The standard InChI is InChI=1S/C12H22F2N2O2/c1-9(15-7-12(13,14)8-17)11(18)16-10-5-3-2-4-6-10/h9-10,15,17H,2-8H2,1H3,(H,16,18). The highest BCUT2D eigenvalue weighted by atomic mass is 19.3. The minimum Gasteiger partial charge on any atom is -0.390 e. The lowest BCUT2D eigenvalue weighted by atomic mass is 9.95. The summed E-state index contributed by atoms with van der Waals surface area (Å²) in [6.45, 7) is -0.356. The van der Waals surface area contributed by atoms with Gasteiger partial charge >= 0.3 is 0 Å². The molecule has 1 aliphatic carbocycles. The van der Waals surface area contributed by atoms with E-state index in [0.717, 1.165) is 25.7 Å². The molecule has 0 radical (unpaired) electrons. The van der Waals surface area contributed by atoms with E-state index in [1.807, 2.05) is 0 Å². The fourth-order valence-electron chi connectivity index (χ4n) is 2.02. The van der Waals surface area contributed by atoms with Gasteiger partial charge in [0.1, 0.15) is 6.61 Å². The Bertz CT molecular complexity index is 269. The summed E-state index contributed by atoms with van der Waals surface area (Å²) in [6.07, 6.45) is 5.34. The maximum atomic E-state index is 12.8. The third kappa shape index (κ3) is 5.27. The van der Waals surface area contributed by atoms with Gasteiger partial charge in [0, 0.05) is 6.04 Å². The zero-order valence-corrected chi connectivity index (χ0v) is 10.7. The lowest BCUT2D eigenvalue weighted by molar-refractivity contribution is -0.124. The molecule has 0 aliphatic heterocycles. The first kappa shape index (κ1) is 15.3. The number of hydrogen-bond acceptors (Lipinski definition) is 3. The first-order chi connectivity index (χ1) is 8.44. The van der Waals surface area contributed by atoms with Crippen LogP contribution in [0.2, 0.25) is 0 Å². The van der Waals surface area contributed by atoms with Crippen LogP contribution in [0.4, 0.5) is 8.78 Å². The van der Waals surface area contributed by atoms with Crippen molar-refractivity contribution in [2.75, 3.05) is 13.2 Å². The van der Waals surface area contributed by atoms with E-state index < -0.39 is 25.1 Å². The van der Waals surface area contributed by atoms with Crippen molar-refractivity contribution in [1.29, 1.82) is 0 Å². The SMILES string of the molecule is CC(NCC(F)(F)CO)C(=O)NC1CCCCC1. The number of nitrogens with one attached hydrogen (secondary N) is 2. The summed E-state index contributed by atoms with van der Waals surface area (Å²) in [6, 6.07) is -0.502. The Morgan fingerprint density at radius 1 is 1.39 bits per heavy atom. The molecule has 0 aromatic carbocycles. The molecule has 0 saturated heterocycles. The van der Waals surface area contributed by atoms with Crippen LogP contribution in [0.5, 0.6) is 0 Å². The fourth-order valence-corrected chi connectivity index (χ4v) is 2.02. The summed E-state index contributed by atoms with van der Waals surface area (Å²) in [7, 11) is 0. The van der Waals surface area contributed by atoms with E-state index >= 15 is 0 Å². The molecule has 0 aromatic heterocycles. The Morgan fingerprint density at radius 3 is 2.56 bits per heavy atom. The zero-order valence-electron chi connectivity index (χ0n) is 10.7. The summed E-state index contributed by atoms with van der Waals surface area (Å²) < 4.78 is 25.6. The smallest absolute Gasteiger partial charge is 0.282 e. The molecular formula is C12H22F2N2O2. The van der Waals surface area contributed by atoms with Crippen molar-refractivity contribution in [1.82, 2.24) is 10.6 Å². The summed E-state index contributed by atoms with van der Waals surface area (Å²) in [5, 5.41) is 13.7. The number of aliphatic hydroxyl groups is 1. The van der Waals surface area contributed by atoms with Crippen LogP contribution in [0.25, 0.3) is 0 Å². The van der Waals surface area contributed by atoms with E-state index in [1.54, 1.807) is 6.92 Å². The molecule has 1 amide bonds. The predicted octanol–water partition coefficient (Wildman–Crippen LogP) is 1.04. The summed E-state index contributed by atoms with van der Waals surface area (Å²) >= 11 is 0. The van der Waals surface area contributed by atoms with Gasteiger partial charge in [0.05, 0.1) is 12.6 Å². The molecule has 0 bridgehead atoms. The zero-order chi connectivity index (χ0) is 13.6. The Kier molecular flexibility index (Phi) is 5.95. The van der Waals surface area contributed by atoms with Crippen molar-refractivity contribution in [2.45, 2.75) is 57.0 Å². The number of hydrogen-bond donors (Lipinski definition) is 3. The first-order valence-electron chi connectivity index (χ1n) is 6.47. The number of halogens is 2. The average Bonchev–Trinajstić information content (AvgIpc) is 2.37. The Morgan fingerprint density at radius 2 is 2.00 bits per heavy atom. The predicted molar refractivity (Wildman–Crippen MR) is 64.5 cm³/mol. The van der Waals surface area contributed by atoms with Gasteiger partial charge in [-0.25, -0.2) is 8.78 Å². The van der Waals surface area contributed by atoms with Gasteiger partial charge in [-0.1, -0.05) is 19.3 Å². The van der Waals surface area contributed by atoms with Crippen LogP contribution in [-0.2, 0) is 4.79 Å². The minimum atomic E-state index is -3.18. The van der Waals surface area contributed by atoms with E-state index in [9.17, 15) is 13.6 Å². The van der Waals surface area contributed by atoms with Crippen LogP contribution in [0.15, 0.2) is 0 Å². The molecule has 0 spiro atoms. The van der Waals surface area contributed by atoms with E-state index in [2.05, 4.69) is 10.6 Å². The normalized spacial score (nSPS) is 19.6. The molecule has 3 N–H and O–H groups in total. The van der Waals surface area contributed by atoms with Crippen molar-refractivity contribution in [3.63, 3.8) is 0 Å². The molecule has 6 heteroatoms. The van der Waals surface area contributed by atoms with Crippen molar-refractivity contribution in [3.05, 3.63) is 0 Å². The number of amides is 1. The Balaban J connectivity index is 2.27. The summed E-state index contributed by atoms with van der Waals surface area (Å²) in [5.41, 5.74) is 0. The van der Waals surface area contributed by atoms with Crippen LogP contribution < -0.4 is 10.6 Å². The third-order valence-corrected chi connectivity index (χ3v) is 3.24. The van der Waals surface area contributed by atoms with E-state index in [4.69, 9.17) is 5.11 Å². The van der Waals surface area contributed by atoms with Gasteiger partial charge in [0.25, 0.3) is 5.92 Å². The molecule has 1 rings (SSSR count). The van der Waals surface area contributed by atoms with Gasteiger partial charge in [0.15, 0.2) is 0 Å².